The molecule has 0 aliphatic heterocycles. The number of hydrogen-bond acceptors (Lipinski definition) is 7. The van der Waals surface area contributed by atoms with Gasteiger partial charge in [0.05, 0.1) is 6.20 Å². The number of ether oxygens (including phenoxy) is 1. The predicted octanol–water partition coefficient (Wildman–Crippen LogP) is 0.959. The van der Waals surface area contributed by atoms with Gasteiger partial charge in [-0.1, -0.05) is 6.07 Å². The molecule has 0 bridgehead atoms. The second kappa shape index (κ2) is 11.1. The Bertz CT molecular complexity index is 1100. The molecule has 0 unspecified atom stereocenters. The van der Waals surface area contributed by atoms with Gasteiger partial charge in [0.1, 0.15) is 16.7 Å². The maximum Gasteiger partial charge on any atom is 0.261 e. The van der Waals surface area contributed by atoms with Crippen LogP contribution < -0.4 is 26.4 Å². The van der Waals surface area contributed by atoms with Crippen molar-refractivity contribution in [1.29, 1.82) is 0 Å². The lowest BCUT2D eigenvalue weighted by atomic mass is 9.92. The Balaban J connectivity index is 1.66. The van der Waals surface area contributed by atoms with Gasteiger partial charge < -0.3 is 16.2 Å². The Morgan fingerprint density at radius 3 is 2.61 bits per heavy atom. The highest BCUT2D eigenvalue weighted by Crippen LogP contribution is 2.28. The summed E-state index contributed by atoms with van der Waals surface area (Å²) in [7, 11) is -4.09. The molecule has 11 nitrogen and oxygen atoms in total. The first-order valence-corrected chi connectivity index (χ1v) is 12.0. The fraction of sp³-hybridized carbons (Fsp3) is 0.381. The van der Waals surface area contributed by atoms with Crippen LogP contribution in [0.3, 0.4) is 0 Å². The van der Waals surface area contributed by atoms with Crippen LogP contribution >= 0.6 is 0 Å². The first-order valence-electron chi connectivity index (χ1n) is 10.6. The van der Waals surface area contributed by atoms with E-state index in [0.717, 1.165) is 25.5 Å². The number of nitrogens with two attached hydrogens (primary N) is 2. The van der Waals surface area contributed by atoms with E-state index in [2.05, 4.69) is 14.7 Å². The normalized spacial score (nSPS) is 14.1. The van der Waals surface area contributed by atoms with Gasteiger partial charge in [-0.2, -0.15) is 4.72 Å². The van der Waals surface area contributed by atoms with E-state index < -0.39 is 22.0 Å². The van der Waals surface area contributed by atoms with Crippen LogP contribution in [0, 0.1) is 0 Å². The first kappa shape index (κ1) is 24.4. The second-order valence-electron chi connectivity index (χ2n) is 7.67. The Kier molecular flexibility index (Phi) is 8.20. The molecule has 1 aromatic heterocycles. The number of hydrogen-bond donors (Lipinski definition) is 5. The molecule has 12 heteroatoms. The Morgan fingerprint density at radius 2 is 1.94 bits per heavy atom. The first-order chi connectivity index (χ1) is 15.8. The zero-order valence-electron chi connectivity index (χ0n) is 18.0. The summed E-state index contributed by atoms with van der Waals surface area (Å²) in [5, 5.41) is 8.94. The average Bonchev–Trinajstić information content (AvgIpc) is 2.80. The maximum absolute atomic E-state index is 12.7. The van der Waals surface area contributed by atoms with Gasteiger partial charge in [-0.15, -0.1) is 0 Å². The molecule has 1 atom stereocenters. The van der Waals surface area contributed by atoms with E-state index in [9.17, 15) is 13.2 Å². The number of amides is 1. The van der Waals surface area contributed by atoms with Crippen LogP contribution in [-0.4, -0.2) is 43.1 Å². The lowest BCUT2D eigenvalue weighted by Crippen LogP contribution is -2.45. The van der Waals surface area contributed by atoms with Gasteiger partial charge in [0.25, 0.3) is 5.91 Å². The van der Waals surface area contributed by atoms with E-state index in [4.69, 9.17) is 21.4 Å². The van der Waals surface area contributed by atoms with Crippen molar-refractivity contribution in [2.75, 3.05) is 6.54 Å². The van der Waals surface area contributed by atoms with E-state index in [-0.39, 0.29) is 29.7 Å². The molecular weight excluding hydrogens is 448 g/mol. The number of aryl methyl sites for hydroxylation is 2. The number of sulfonamides is 1. The quantitative estimate of drug-likeness (QED) is 0.110. The Morgan fingerprint density at radius 1 is 1.18 bits per heavy atom. The number of benzene rings is 1. The number of guanidine groups is 1. The highest BCUT2D eigenvalue weighted by atomic mass is 32.2. The van der Waals surface area contributed by atoms with E-state index in [1.165, 1.54) is 35.2 Å². The summed E-state index contributed by atoms with van der Waals surface area (Å²) in [6.07, 6.45) is 5.94. The predicted molar refractivity (Wildman–Crippen MR) is 121 cm³/mol. The van der Waals surface area contributed by atoms with Crippen LogP contribution in [-0.2, 0) is 27.7 Å². The van der Waals surface area contributed by atoms with Crippen molar-refractivity contribution in [1.82, 2.24) is 15.2 Å². The third kappa shape index (κ3) is 6.88. The summed E-state index contributed by atoms with van der Waals surface area (Å²) in [6.45, 7) is 0.204. The summed E-state index contributed by atoms with van der Waals surface area (Å²) >= 11 is 0. The molecule has 0 fully saturated rings. The number of aromatic nitrogens is 1. The summed E-state index contributed by atoms with van der Waals surface area (Å²) in [6, 6.07) is 7.46. The van der Waals surface area contributed by atoms with Gasteiger partial charge in [-0.25, -0.2) is 18.9 Å². The lowest BCUT2D eigenvalue weighted by molar-refractivity contribution is -0.131. The minimum absolute atomic E-state index is 0.0648. The van der Waals surface area contributed by atoms with Crippen LogP contribution in [0.25, 0.3) is 0 Å². The van der Waals surface area contributed by atoms with E-state index >= 15 is 0 Å². The van der Waals surface area contributed by atoms with E-state index in [1.54, 1.807) is 0 Å². The zero-order chi connectivity index (χ0) is 23.8. The highest BCUT2D eigenvalue weighted by molar-refractivity contribution is 7.89. The fourth-order valence-corrected chi connectivity index (χ4v) is 4.73. The van der Waals surface area contributed by atoms with Crippen LogP contribution in [0.15, 0.2) is 46.4 Å². The number of fused-ring (bicyclic) bond motifs is 1. The summed E-state index contributed by atoms with van der Waals surface area (Å²) in [4.78, 5) is 19.6. The number of nitrogens with one attached hydrogen (secondary N) is 2. The van der Waals surface area contributed by atoms with Crippen molar-refractivity contribution >= 4 is 21.9 Å². The summed E-state index contributed by atoms with van der Waals surface area (Å²) < 4.78 is 33.5. The third-order valence-corrected chi connectivity index (χ3v) is 6.69. The van der Waals surface area contributed by atoms with Gasteiger partial charge in [0.2, 0.25) is 15.9 Å². The maximum atomic E-state index is 12.7. The van der Waals surface area contributed by atoms with Crippen molar-refractivity contribution in [3.05, 3.63) is 47.7 Å². The van der Waals surface area contributed by atoms with Crippen LogP contribution in [0.5, 0.6) is 11.6 Å². The van der Waals surface area contributed by atoms with Crippen molar-refractivity contribution < 1.29 is 23.2 Å². The van der Waals surface area contributed by atoms with E-state index in [1.807, 2.05) is 18.2 Å². The molecule has 1 amide bonds. The smallest absolute Gasteiger partial charge is 0.261 e. The van der Waals surface area contributed by atoms with Crippen molar-refractivity contribution in [3.8, 4) is 11.6 Å². The molecule has 7 N–H and O–H groups in total. The van der Waals surface area contributed by atoms with Gasteiger partial charge in [-0.05, 0) is 67.9 Å². The molecule has 0 saturated carbocycles. The Hall–Kier alpha value is -3.22. The SMILES string of the molecule is NC(N)=NCCC[C@@H](NS(=O)(=O)c1ccc(Oc2ccc3c(c2)CCCC3)nc1)C(=O)NO. The van der Waals surface area contributed by atoms with Crippen LogP contribution in [0.4, 0.5) is 0 Å². The average molecular weight is 477 g/mol. The zero-order valence-corrected chi connectivity index (χ0v) is 18.8. The standard InChI is InChI=1S/C21H28N6O5S/c22-21(23)24-11-3-6-18(20(28)26-29)27-33(30,31)17-9-10-19(25-13-17)32-16-8-7-14-4-1-2-5-15(14)12-16/h7-10,12-13,18,27,29H,1-6,11H2,(H,26,28)(H4,22,23,24)/t18-/m1/s1. The number of aliphatic imine (C=N–C) groups is 1. The molecule has 0 saturated heterocycles. The topological polar surface area (TPSA) is 182 Å². The number of carbonyl (C=O) groups is 1. The number of pyridine rings is 1. The lowest BCUT2D eigenvalue weighted by Gasteiger charge is -2.17. The van der Waals surface area contributed by atoms with Crippen molar-refractivity contribution in [3.63, 3.8) is 0 Å². The Labute approximate surface area is 192 Å². The monoisotopic (exact) mass is 476 g/mol. The summed E-state index contributed by atoms with van der Waals surface area (Å²) in [5.41, 5.74) is 14.5. The molecule has 0 spiro atoms. The number of nitrogens with zero attached hydrogens (tertiary/aromatic N) is 2. The summed E-state index contributed by atoms with van der Waals surface area (Å²) in [5.74, 6) is -0.130. The van der Waals surface area contributed by atoms with Crippen molar-refractivity contribution in [2.45, 2.75) is 49.5 Å². The molecular formula is C21H28N6O5S. The minimum Gasteiger partial charge on any atom is -0.439 e. The third-order valence-electron chi connectivity index (χ3n) is 5.23. The molecule has 1 heterocycles. The van der Waals surface area contributed by atoms with Crippen LogP contribution in [0.2, 0.25) is 0 Å². The molecule has 2 aromatic rings. The van der Waals surface area contributed by atoms with Gasteiger partial charge in [0.15, 0.2) is 5.96 Å². The number of carbonyl (C=O) groups excluding carboxylic acids is 1. The van der Waals surface area contributed by atoms with Gasteiger partial charge >= 0.3 is 0 Å². The van der Waals surface area contributed by atoms with Crippen molar-refractivity contribution in [2.24, 2.45) is 16.5 Å². The minimum atomic E-state index is -4.09. The van der Waals surface area contributed by atoms with Gasteiger partial charge in [0, 0.05) is 12.6 Å². The molecule has 0 radical (unpaired) electrons. The molecule has 33 heavy (non-hydrogen) atoms. The molecule has 1 aromatic carbocycles. The number of rotatable bonds is 10. The number of hydroxylamine groups is 1. The van der Waals surface area contributed by atoms with E-state index in [0.29, 0.717) is 12.2 Å². The highest BCUT2D eigenvalue weighted by Gasteiger charge is 2.25. The largest absolute Gasteiger partial charge is 0.439 e. The molecule has 178 valence electrons. The molecule has 1 aliphatic rings. The van der Waals surface area contributed by atoms with Gasteiger partial charge in [-0.3, -0.25) is 15.0 Å². The second-order valence-corrected chi connectivity index (χ2v) is 9.38. The fourth-order valence-electron chi connectivity index (χ4n) is 3.56. The molecule has 3 rings (SSSR count). The molecule has 1 aliphatic carbocycles. The van der Waals surface area contributed by atoms with Crippen LogP contribution in [0.1, 0.15) is 36.8 Å².